The molecule has 0 bridgehead atoms. The van der Waals surface area contributed by atoms with Crippen LogP contribution in [0.1, 0.15) is 23.2 Å². The molecule has 1 aromatic rings. The van der Waals surface area contributed by atoms with E-state index in [-0.39, 0.29) is 23.5 Å². The Hall–Kier alpha value is -2.08. The molecule has 0 aliphatic carbocycles. The molecule has 33 heavy (non-hydrogen) atoms. The molecule has 2 amide bonds. The van der Waals surface area contributed by atoms with Gasteiger partial charge in [0.15, 0.2) is 0 Å². The molecule has 3 fully saturated rings. The highest BCUT2D eigenvalue weighted by Crippen LogP contribution is 2.23. The largest absolute Gasteiger partial charge is 0.340 e. The lowest BCUT2D eigenvalue weighted by Crippen LogP contribution is -2.58. The van der Waals surface area contributed by atoms with E-state index in [0.717, 1.165) is 13.1 Å². The summed E-state index contributed by atoms with van der Waals surface area (Å²) in [5, 5.41) is 0. The van der Waals surface area contributed by atoms with Gasteiger partial charge in [-0.15, -0.1) is 0 Å². The van der Waals surface area contributed by atoms with Crippen molar-refractivity contribution < 1.29 is 22.4 Å². The van der Waals surface area contributed by atoms with Crippen molar-refractivity contribution in [2.24, 2.45) is 5.92 Å². The van der Waals surface area contributed by atoms with Gasteiger partial charge in [-0.05, 0) is 44.2 Å². The van der Waals surface area contributed by atoms with Crippen LogP contribution in [0.5, 0.6) is 0 Å². The zero-order chi connectivity index (χ0) is 23.6. The molecule has 0 atom stereocenters. The molecular weight excluding hydrogens is 449 g/mol. The quantitative estimate of drug-likeness (QED) is 0.618. The van der Waals surface area contributed by atoms with Gasteiger partial charge in [-0.2, -0.15) is 17.0 Å². The summed E-state index contributed by atoms with van der Waals surface area (Å²) in [5.74, 6) is -0.653. The number of likely N-dealkylation sites (N-methyl/N-ethyl adjacent to an activating group) is 1. The van der Waals surface area contributed by atoms with Crippen LogP contribution in [-0.4, -0.2) is 116 Å². The number of nitrogens with zero attached hydrogens (tertiary/aromatic N) is 5. The van der Waals surface area contributed by atoms with Crippen LogP contribution in [0.3, 0.4) is 0 Å². The van der Waals surface area contributed by atoms with E-state index in [4.69, 9.17) is 0 Å². The Morgan fingerprint density at radius 2 is 1.30 bits per heavy atom. The van der Waals surface area contributed by atoms with Gasteiger partial charge in [0.05, 0.1) is 0 Å². The summed E-state index contributed by atoms with van der Waals surface area (Å²) in [6.07, 6.45) is 1.15. The van der Waals surface area contributed by atoms with E-state index in [9.17, 15) is 22.4 Å². The summed E-state index contributed by atoms with van der Waals surface area (Å²) in [7, 11) is -1.51. The van der Waals surface area contributed by atoms with Crippen molar-refractivity contribution in [1.82, 2.24) is 23.3 Å². The number of hydrogen-bond acceptors (Lipinski definition) is 5. The number of benzene rings is 1. The number of rotatable bonds is 4. The Kier molecular flexibility index (Phi) is 7.32. The lowest BCUT2D eigenvalue weighted by atomic mass is 9.94. The lowest BCUT2D eigenvalue weighted by molar-refractivity contribution is -0.138. The minimum absolute atomic E-state index is 0.0422. The third-order valence-electron chi connectivity index (χ3n) is 6.89. The smallest absolute Gasteiger partial charge is 0.282 e. The van der Waals surface area contributed by atoms with Gasteiger partial charge in [-0.1, -0.05) is 0 Å². The average molecular weight is 482 g/mol. The molecule has 0 saturated carbocycles. The van der Waals surface area contributed by atoms with E-state index in [2.05, 4.69) is 4.90 Å². The van der Waals surface area contributed by atoms with Crippen LogP contribution in [0.15, 0.2) is 24.3 Å². The third-order valence-corrected chi connectivity index (χ3v) is 8.92. The maximum absolute atomic E-state index is 13.1. The van der Waals surface area contributed by atoms with Gasteiger partial charge >= 0.3 is 0 Å². The fourth-order valence-electron chi connectivity index (χ4n) is 4.68. The molecule has 3 heterocycles. The van der Waals surface area contributed by atoms with E-state index in [0.29, 0.717) is 70.8 Å². The van der Waals surface area contributed by atoms with E-state index >= 15 is 0 Å². The van der Waals surface area contributed by atoms with Crippen molar-refractivity contribution >= 4 is 22.0 Å². The standard InChI is InChI=1S/C22H32FN5O4S/c1-24-10-14-27(15-11-24)33(31,32)28-16-12-26(13-17-28)22(30)19-6-8-25(9-7-19)21(29)18-2-4-20(23)5-3-18/h2-5,19H,6-17H2,1H3. The van der Waals surface area contributed by atoms with Crippen molar-refractivity contribution in [1.29, 1.82) is 0 Å². The van der Waals surface area contributed by atoms with E-state index in [1.165, 1.54) is 28.6 Å². The minimum Gasteiger partial charge on any atom is -0.340 e. The highest BCUT2D eigenvalue weighted by Gasteiger charge is 2.37. The summed E-state index contributed by atoms with van der Waals surface area (Å²) in [4.78, 5) is 31.2. The Morgan fingerprint density at radius 3 is 1.85 bits per heavy atom. The summed E-state index contributed by atoms with van der Waals surface area (Å²) in [5.41, 5.74) is 0.443. The van der Waals surface area contributed by atoms with Crippen LogP contribution in [0.4, 0.5) is 4.39 Å². The fraction of sp³-hybridized carbons (Fsp3) is 0.636. The molecule has 0 unspecified atom stereocenters. The van der Waals surface area contributed by atoms with Gasteiger partial charge in [0.2, 0.25) is 5.91 Å². The summed E-state index contributed by atoms with van der Waals surface area (Å²) < 4.78 is 42.0. The number of carbonyl (C=O) groups excluding carboxylic acids is 2. The monoisotopic (exact) mass is 481 g/mol. The first-order valence-electron chi connectivity index (χ1n) is 11.5. The number of amides is 2. The zero-order valence-corrected chi connectivity index (χ0v) is 19.8. The number of hydrogen-bond donors (Lipinski definition) is 0. The van der Waals surface area contributed by atoms with Crippen LogP contribution in [-0.2, 0) is 15.0 Å². The second-order valence-electron chi connectivity index (χ2n) is 9.01. The molecule has 3 saturated heterocycles. The average Bonchev–Trinajstić information content (AvgIpc) is 2.84. The number of piperidine rings is 1. The fourth-order valence-corrected chi connectivity index (χ4v) is 6.26. The molecule has 4 rings (SSSR count). The SMILES string of the molecule is CN1CCN(S(=O)(=O)N2CCN(C(=O)C3CCN(C(=O)c4ccc(F)cc4)CC3)CC2)CC1. The van der Waals surface area contributed by atoms with Gasteiger partial charge in [-0.25, -0.2) is 4.39 Å². The molecule has 3 aliphatic rings. The highest BCUT2D eigenvalue weighted by atomic mass is 32.2. The highest BCUT2D eigenvalue weighted by molar-refractivity contribution is 7.86. The van der Waals surface area contributed by atoms with Crippen LogP contribution in [0, 0.1) is 11.7 Å². The number of halogens is 1. The third kappa shape index (κ3) is 5.37. The van der Waals surface area contributed by atoms with Crippen molar-refractivity contribution in [2.75, 3.05) is 72.5 Å². The number of likely N-dealkylation sites (tertiary alicyclic amines) is 1. The Balaban J connectivity index is 1.26. The van der Waals surface area contributed by atoms with Crippen molar-refractivity contribution in [3.8, 4) is 0 Å². The van der Waals surface area contributed by atoms with Crippen LogP contribution in [0.2, 0.25) is 0 Å². The molecule has 1 aromatic carbocycles. The Bertz CT molecular complexity index is 950. The molecule has 11 heteroatoms. The predicted molar refractivity (Wildman–Crippen MR) is 121 cm³/mol. The van der Waals surface area contributed by atoms with Crippen LogP contribution in [0.25, 0.3) is 0 Å². The molecule has 0 radical (unpaired) electrons. The summed E-state index contributed by atoms with van der Waals surface area (Å²) >= 11 is 0. The topological polar surface area (TPSA) is 84.5 Å². The zero-order valence-electron chi connectivity index (χ0n) is 19.0. The van der Waals surface area contributed by atoms with E-state index in [1.54, 1.807) is 14.1 Å². The van der Waals surface area contributed by atoms with Crippen molar-refractivity contribution in [2.45, 2.75) is 12.8 Å². The Morgan fingerprint density at radius 1 is 0.788 bits per heavy atom. The molecule has 3 aliphatic heterocycles. The number of carbonyl (C=O) groups is 2. The van der Waals surface area contributed by atoms with Crippen molar-refractivity contribution in [3.05, 3.63) is 35.6 Å². The van der Waals surface area contributed by atoms with Gasteiger partial charge in [0.25, 0.3) is 16.1 Å². The van der Waals surface area contributed by atoms with E-state index < -0.39 is 10.2 Å². The molecule has 9 nitrogen and oxygen atoms in total. The first-order chi connectivity index (χ1) is 15.8. The van der Waals surface area contributed by atoms with Gasteiger partial charge < -0.3 is 14.7 Å². The predicted octanol–water partition coefficient (Wildman–Crippen LogP) is 0.314. The van der Waals surface area contributed by atoms with Gasteiger partial charge in [0, 0.05) is 76.9 Å². The minimum atomic E-state index is -3.49. The molecule has 0 spiro atoms. The first kappa shape index (κ1) is 24.1. The maximum Gasteiger partial charge on any atom is 0.282 e. The first-order valence-corrected chi connectivity index (χ1v) is 12.9. The molecule has 0 N–H and O–H groups in total. The second kappa shape index (κ2) is 10.0. The summed E-state index contributed by atoms with van der Waals surface area (Å²) in [6.45, 7) is 4.78. The van der Waals surface area contributed by atoms with E-state index in [1.807, 2.05) is 7.05 Å². The number of piperazine rings is 2. The van der Waals surface area contributed by atoms with Crippen LogP contribution < -0.4 is 0 Å². The molecule has 0 aromatic heterocycles. The normalized spacial score (nSPS) is 22.5. The van der Waals surface area contributed by atoms with Gasteiger partial charge in [0.1, 0.15) is 5.82 Å². The summed E-state index contributed by atoms with van der Waals surface area (Å²) in [6, 6.07) is 5.50. The molecular formula is C22H32FN5O4S. The lowest BCUT2D eigenvalue weighted by Gasteiger charge is -2.40. The van der Waals surface area contributed by atoms with Crippen LogP contribution >= 0.6 is 0 Å². The maximum atomic E-state index is 13.1. The Labute approximate surface area is 194 Å². The van der Waals surface area contributed by atoms with Crippen molar-refractivity contribution in [3.63, 3.8) is 0 Å². The van der Waals surface area contributed by atoms with Gasteiger partial charge in [-0.3, -0.25) is 9.59 Å². The second-order valence-corrected chi connectivity index (χ2v) is 10.9. The molecule has 182 valence electrons.